The van der Waals surface area contributed by atoms with Crippen LogP contribution in [0.3, 0.4) is 0 Å². The van der Waals surface area contributed by atoms with Gasteiger partial charge in [0.25, 0.3) is 9.04 Å². The Bertz CT molecular complexity index is 1120. The summed E-state index contributed by atoms with van der Waals surface area (Å²) in [5.74, 6) is 0.248. The molecule has 156 valence electrons. The van der Waals surface area contributed by atoms with Gasteiger partial charge in [-0.15, -0.1) is 0 Å². The van der Waals surface area contributed by atoms with E-state index in [1.54, 1.807) is 6.07 Å². The Morgan fingerprint density at radius 3 is 1.90 bits per heavy atom. The molecule has 0 radical (unpaired) electrons. The maximum absolute atomic E-state index is 13.9. The van der Waals surface area contributed by atoms with Gasteiger partial charge in [0.15, 0.2) is 0 Å². The molecule has 0 unspecified atom stereocenters. The van der Waals surface area contributed by atoms with Crippen molar-refractivity contribution in [2.75, 3.05) is 0 Å². The smallest absolute Gasteiger partial charge is 0.299 e. The average Bonchev–Trinajstić information content (AvgIpc) is 2.78. The zero-order chi connectivity index (χ0) is 21.8. The monoisotopic (exact) mass is 427 g/mol. The molecule has 1 heterocycles. The molecule has 0 saturated carbocycles. The highest BCUT2D eigenvalue weighted by Crippen LogP contribution is 2.34. The minimum Gasteiger partial charge on any atom is -0.537 e. The minimum atomic E-state index is -2.04. The summed E-state index contributed by atoms with van der Waals surface area (Å²) in [5.41, 5.74) is 2.50. The van der Waals surface area contributed by atoms with E-state index < -0.39 is 15.0 Å². The molecular formula is C27H26FNOSi. The van der Waals surface area contributed by atoms with Crippen molar-refractivity contribution in [1.82, 2.24) is 4.98 Å². The second kappa shape index (κ2) is 8.86. The Labute approximate surface area is 185 Å². The third kappa shape index (κ3) is 4.92. The molecular weight excluding hydrogens is 401 g/mol. The summed E-state index contributed by atoms with van der Waals surface area (Å²) in [4.78, 5) is 4.12. The highest BCUT2D eigenvalue weighted by atomic mass is 28.3. The number of nitrogens with zero attached hydrogens (tertiary/aromatic N) is 1. The highest BCUT2D eigenvalue weighted by Gasteiger charge is 2.23. The van der Waals surface area contributed by atoms with Gasteiger partial charge in [0, 0.05) is 5.56 Å². The van der Waals surface area contributed by atoms with Crippen LogP contribution in [-0.4, -0.2) is 14.0 Å². The molecule has 4 rings (SSSR count). The van der Waals surface area contributed by atoms with Crippen molar-refractivity contribution in [1.29, 1.82) is 0 Å². The van der Waals surface area contributed by atoms with Gasteiger partial charge < -0.3 is 4.43 Å². The van der Waals surface area contributed by atoms with Crippen molar-refractivity contribution >= 4 is 19.4 Å². The number of halogens is 1. The Morgan fingerprint density at radius 1 is 0.742 bits per heavy atom. The van der Waals surface area contributed by atoms with E-state index in [0.717, 1.165) is 16.9 Å². The summed E-state index contributed by atoms with van der Waals surface area (Å²) < 4.78 is 20.7. The van der Waals surface area contributed by atoms with Crippen molar-refractivity contribution in [3.8, 4) is 17.0 Å². The minimum absolute atomic E-state index is 0.0391. The van der Waals surface area contributed by atoms with Gasteiger partial charge >= 0.3 is 0 Å². The fourth-order valence-electron chi connectivity index (χ4n) is 3.57. The number of hydrogen-bond donors (Lipinski definition) is 0. The van der Waals surface area contributed by atoms with Crippen LogP contribution < -0.4 is 14.8 Å². The molecule has 0 spiro atoms. The molecule has 0 N–H and O–H groups in total. The molecule has 4 aromatic rings. The SMILES string of the molecule is CC(C)(C)c1ccc(-c2cccc(F)n2)c(O[SiH](c2ccccc2)c2ccccc2)c1. The van der Waals surface area contributed by atoms with E-state index in [1.165, 1.54) is 16.4 Å². The Kier molecular flexibility index (Phi) is 6.00. The van der Waals surface area contributed by atoms with Crippen LogP contribution in [0.1, 0.15) is 26.3 Å². The van der Waals surface area contributed by atoms with Gasteiger partial charge in [-0.2, -0.15) is 4.39 Å². The maximum atomic E-state index is 13.9. The summed E-state index contributed by atoms with van der Waals surface area (Å²) in [6, 6.07) is 31.7. The van der Waals surface area contributed by atoms with E-state index >= 15 is 0 Å². The van der Waals surface area contributed by atoms with Gasteiger partial charge in [-0.05, 0) is 45.6 Å². The lowest BCUT2D eigenvalue weighted by atomic mass is 9.86. The van der Waals surface area contributed by atoms with Gasteiger partial charge in [0.05, 0.1) is 5.69 Å². The molecule has 4 heteroatoms. The first kappa shape index (κ1) is 21.0. The van der Waals surface area contributed by atoms with Crippen LogP contribution in [0.15, 0.2) is 97.1 Å². The topological polar surface area (TPSA) is 22.1 Å². The Balaban J connectivity index is 1.85. The first-order chi connectivity index (χ1) is 14.9. The summed E-state index contributed by atoms with van der Waals surface area (Å²) >= 11 is 0. The average molecular weight is 428 g/mol. The van der Waals surface area contributed by atoms with Gasteiger partial charge in [-0.1, -0.05) is 93.6 Å². The Morgan fingerprint density at radius 2 is 1.35 bits per heavy atom. The summed E-state index contributed by atoms with van der Waals surface area (Å²) in [6.07, 6.45) is 0. The lowest BCUT2D eigenvalue weighted by Gasteiger charge is -2.24. The van der Waals surface area contributed by atoms with Crippen LogP contribution in [0.25, 0.3) is 11.3 Å². The quantitative estimate of drug-likeness (QED) is 0.326. The number of rotatable bonds is 5. The van der Waals surface area contributed by atoms with E-state index in [1.807, 2.05) is 48.5 Å². The zero-order valence-corrected chi connectivity index (χ0v) is 19.2. The van der Waals surface area contributed by atoms with Crippen LogP contribution in [0.2, 0.25) is 0 Å². The van der Waals surface area contributed by atoms with E-state index in [4.69, 9.17) is 4.43 Å². The van der Waals surface area contributed by atoms with Crippen molar-refractivity contribution in [2.45, 2.75) is 26.2 Å². The summed E-state index contributed by atoms with van der Waals surface area (Å²) in [5, 5.41) is 2.38. The van der Waals surface area contributed by atoms with Crippen molar-refractivity contribution in [3.63, 3.8) is 0 Å². The molecule has 0 bridgehead atoms. The lowest BCUT2D eigenvalue weighted by molar-refractivity contribution is 0.566. The fourth-order valence-corrected chi connectivity index (χ4v) is 5.82. The number of benzene rings is 3. The van der Waals surface area contributed by atoms with Crippen LogP contribution in [-0.2, 0) is 5.41 Å². The molecule has 3 aromatic carbocycles. The van der Waals surface area contributed by atoms with E-state index in [2.05, 4.69) is 62.2 Å². The lowest BCUT2D eigenvalue weighted by Crippen LogP contribution is -2.47. The Hall–Kier alpha value is -3.24. The third-order valence-electron chi connectivity index (χ3n) is 5.29. The fraction of sp³-hybridized carbons (Fsp3) is 0.148. The molecule has 0 amide bonds. The van der Waals surface area contributed by atoms with Crippen LogP contribution >= 0.6 is 0 Å². The molecule has 2 nitrogen and oxygen atoms in total. The molecule has 0 aliphatic rings. The number of pyridine rings is 1. The molecule has 0 aliphatic carbocycles. The van der Waals surface area contributed by atoms with Crippen molar-refractivity contribution in [3.05, 3.63) is 109 Å². The molecule has 0 fully saturated rings. The van der Waals surface area contributed by atoms with Crippen LogP contribution in [0.4, 0.5) is 4.39 Å². The van der Waals surface area contributed by atoms with Crippen LogP contribution in [0.5, 0.6) is 5.75 Å². The third-order valence-corrected chi connectivity index (χ3v) is 7.76. The normalized spacial score (nSPS) is 11.5. The van der Waals surface area contributed by atoms with Gasteiger partial charge in [-0.25, -0.2) is 4.98 Å². The van der Waals surface area contributed by atoms with Gasteiger partial charge in [-0.3, -0.25) is 0 Å². The second-order valence-corrected chi connectivity index (χ2v) is 11.0. The molecule has 1 aromatic heterocycles. The molecule has 31 heavy (non-hydrogen) atoms. The van der Waals surface area contributed by atoms with Crippen LogP contribution in [0, 0.1) is 5.95 Å². The van der Waals surface area contributed by atoms with E-state index in [-0.39, 0.29) is 5.41 Å². The number of aromatic nitrogens is 1. The number of hydrogen-bond acceptors (Lipinski definition) is 2. The second-order valence-electron chi connectivity index (χ2n) is 8.63. The predicted octanol–water partition coefficient (Wildman–Crippen LogP) is 5.10. The standard InChI is InChI=1S/C27H26FNOSi/c1-27(2,3)20-17-18-23(24-15-10-16-26(28)29-24)25(19-20)30-31(21-11-6-4-7-12-21)22-13-8-5-9-14-22/h4-19,31H,1-3H3. The van der Waals surface area contributed by atoms with E-state index in [9.17, 15) is 4.39 Å². The zero-order valence-electron chi connectivity index (χ0n) is 18.0. The maximum Gasteiger partial charge on any atom is 0.299 e. The summed E-state index contributed by atoms with van der Waals surface area (Å²) in [7, 11) is -2.04. The van der Waals surface area contributed by atoms with Crippen molar-refractivity contribution in [2.24, 2.45) is 0 Å². The summed E-state index contributed by atoms with van der Waals surface area (Å²) in [6.45, 7) is 6.53. The van der Waals surface area contributed by atoms with Gasteiger partial charge in [0.1, 0.15) is 5.75 Å². The molecule has 0 saturated heterocycles. The largest absolute Gasteiger partial charge is 0.537 e. The van der Waals surface area contributed by atoms with Crippen molar-refractivity contribution < 1.29 is 8.82 Å². The highest BCUT2D eigenvalue weighted by molar-refractivity contribution is 6.80. The molecule has 0 aliphatic heterocycles. The predicted molar refractivity (Wildman–Crippen MR) is 128 cm³/mol. The van der Waals surface area contributed by atoms with Gasteiger partial charge in [0.2, 0.25) is 5.95 Å². The molecule has 0 atom stereocenters. The van der Waals surface area contributed by atoms with E-state index in [0.29, 0.717) is 5.69 Å². The first-order valence-corrected chi connectivity index (χ1v) is 12.1. The first-order valence-electron chi connectivity index (χ1n) is 10.5.